The van der Waals surface area contributed by atoms with Crippen molar-refractivity contribution in [3.8, 4) is 5.75 Å². The number of hydrogen-bond acceptors (Lipinski definition) is 4. The zero-order valence-electron chi connectivity index (χ0n) is 21.4. The zero-order chi connectivity index (χ0) is 25.6. The van der Waals surface area contributed by atoms with E-state index in [1.54, 1.807) is 18.1 Å². The van der Waals surface area contributed by atoms with Crippen molar-refractivity contribution >= 4 is 16.9 Å². The van der Waals surface area contributed by atoms with Crippen LogP contribution in [-0.4, -0.2) is 24.5 Å². The lowest BCUT2D eigenvalue weighted by Gasteiger charge is -2.26. The minimum absolute atomic E-state index is 0.00272. The number of aryl methyl sites for hydroxylation is 1. The van der Waals surface area contributed by atoms with E-state index >= 15 is 0 Å². The molecule has 3 aromatic carbocycles. The van der Waals surface area contributed by atoms with Crippen LogP contribution >= 0.6 is 0 Å². The molecule has 1 aliphatic rings. The van der Waals surface area contributed by atoms with Crippen LogP contribution in [0.1, 0.15) is 65.2 Å². The summed E-state index contributed by atoms with van der Waals surface area (Å²) < 4.78 is 11.3. The van der Waals surface area contributed by atoms with Crippen molar-refractivity contribution in [3.05, 3.63) is 111 Å². The summed E-state index contributed by atoms with van der Waals surface area (Å²) in [6, 6.07) is 21.1. The highest BCUT2D eigenvalue weighted by molar-refractivity contribution is 5.99. The summed E-state index contributed by atoms with van der Waals surface area (Å²) in [5, 5.41) is 0.509. The third-order valence-corrected chi connectivity index (χ3v) is 7.01. The fourth-order valence-corrected chi connectivity index (χ4v) is 4.92. The molecule has 0 fully saturated rings. The highest BCUT2D eigenvalue weighted by Gasteiger charge is 2.42. The average molecular weight is 482 g/mol. The Kier molecular flexibility index (Phi) is 5.95. The highest BCUT2D eigenvalue weighted by Crippen LogP contribution is 2.39. The molecule has 0 radical (unpaired) electrons. The number of amides is 1. The molecular weight excluding hydrogens is 450 g/mol. The summed E-state index contributed by atoms with van der Waals surface area (Å²) in [7, 11) is 1.64. The fraction of sp³-hybridized carbons (Fsp3) is 0.290. The summed E-state index contributed by atoms with van der Waals surface area (Å²) in [6.07, 6.45) is 0.646. The van der Waals surface area contributed by atoms with Crippen molar-refractivity contribution in [2.45, 2.75) is 45.6 Å². The van der Waals surface area contributed by atoms with Crippen LogP contribution in [-0.2, 0) is 11.8 Å². The molecule has 1 amide bonds. The highest BCUT2D eigenvalue weighted by atomic mass is 16.5. The summed E-state index contributed by atoms with van der Waals surface area (Å²) in [4.78, 5) is 29.2. The van der Waals surface area contributed by atoms with Gasteiger partial charge < -0.3 is 14.1 Å². The molecule has 5 heteroatoms. The maximum atomic E-state index is 13.8. The van der Waals surface area contributed by atoms with Crippen LogP contribution in [0.5, 0.6) is 5.75 Å². The minimum atomic E-state index is -0.499. The lowest BCUT2D eigenvalue weighted by atomic mass is 9.86. The molecule has 5 rings (SSSR count). The second-order valence-corrected chi connectivity index (χ2v) is 10.5. The fourth-order valence-electron chi connectivity index (χ4n) is 4.92. The van der Waals surface area contributed by atoms with E-state index in [2.05, 4.69) is 32.9 Å². The van der Waals surface area contributed by atoms with Crippen LogP contribution in [0.2, 0.25) is 0 Å². The second kappa shape index (κ2) is 8.98. The molecule has 1 atom stereocenters. The number of ether oxygens (including phenoxy) is 1. The molecule has 0 N–H and O–H groups in total. The SMILES string of the molecule is COc1ccc(CCN2C(=O)c3oc4ccc(C)cc4c(=O)c3C2c2ccc(C(C)(C)C)cc2)cc1. The van der Waals surface area contributed by atoms with E-state index in [1.165, 1.54) is 5.56 Å². The Morgan fingerprint density at radius 3 is 2.28 bits per heavy atom. The van der Waals surface area contributed by atoms with Gasteiger partial charge in [-0.05, 0) is 59.7 Å². The largest absolute Gasteiger partial charge is 0.497 e. The molecule has 0 spiro atoms. The van der Waals surface area contributed by atoms with Crippen molar-refractivity contribution in [2.24, 2.45) is 0 Å². The van der Waals surface area contributed by atoms with E-state index in [1.807, 2.05) is 55.5 Å². The Bertz CT molecular complexity index is 1490. The van der Waals surface area contributed by atoms with Crippen LogP contribution in [0.15, 0.2) is 75.9 Å². The maximum Gasteiger partial charge on any atom is 0.290 e. The number of benzene rings is 3. The monoisotopic (exact) mass is 481 g/mol. The average Bonchev–Trinajstić information content (AvgIpc) is 3.14. The quantitative estimate of drug-likeness (QED) is 0.341. The second-order valence-electron chi connectivity index (χ2n) is 10.5. The first kappa shape index (κ1) is 23.9. The predicted molar refractivity (Wildman–Crippen MR) is 142 cm³/mol. The van der Waals surface area contributed by atoms with E-state index in [4.69, 9.17) is 9.15 Å². The Labute approximate surface area is 211 Å². The van der Waals surface area contributed by atoms with Crippen LogP contribution < -0.4 is 10.2 Å². The Morgan fingerprint density at radius 2 is 1.64 bits per heavy atom. The molecule has 184 valence electrons. The van der Waals surface area contributed by atoms with Gasteiger partial charge in [-0.25, -0.2) is 0 Å². The summed E-state index contributed by atoms with van der Waals surface area (Å²) in [5.41, 5.74) is 4.89. The molecule has 0 aliphatic carbocycles. The molecule has 4 aromatic rings. The molecular formula is C31H31NO4. The van der Waals surface area contributed by atoms with Gasteiger partial charge >= 0.3 is 0 Å². The number of hydrogen-bond donors (Lipinski definition) is 0. The van der Waals surface area contributed by atoms with Crippen LogP contribution in [0.3, 0.4) is 0 Å². The number of carbonyl (C=O) groups is 1. The number of nitrogens with zero attached hydrogens (tertiary/aromatic N) is 1. The van der Waals surface area contributed by atoms with Gasteiger partial charge in [0.05, 0.1) is 24.1 Å². The Balaban J connectivity index is 1.60. The van der Waals surface area contributed by atoms with Gasteiger partial charge in [0.25, 0.3) is 5.91 Å². The van der Waals surface area contributed by atoms with Crippen molar-refractivity contribution in [3.63, 3.8) is 0 Å². The van der Waals surface area contributed by atoms with Gasteiger partial charge in [0.1, 0.15) is 11.3 Å². The van der Waals surface area contributed by atoms with Gasteiger partial charge in [0, 0.05) is 6.54 Å². The number of fused-ring (bicyclic) bond motifs is 2. The standard InChI is InChI=1S/C31H31NO4/c1-19-6-15-25-24(18-19)28(33)26-27(21-9-11-22(12-10-21)31(2,3)4)32(30(34)29(26)36-25)17-16-20-7-13-23(35-5)14-8-20/h6-15,18,27H,16-17H2,1-5H3. The maximum absolute atomic E-state index is 13.8. The van der Waals surface area contributed by atoms with Gasteiger partial charge in [0.15, 0.2) is 5.43 Å². The van der Waals surface area contributed by atoms with Crippen molar-refractivity contribution in [1.82, 2.24) is 4.90 Å². The van der Waals surface area contributed by atoms with Crippen molar-refractivity contribution < 1.29 is 13.9 Å². The normalized spacial score (nSPS) is 15.4. The lowest BCUT2D eigenvalue weighted by Crippen LogP contribution is -2.31. The van der Waals surface area contributed by atoms with Gasteiger partial charge in [-0.1, -0.05) is 68.8 Å². The van der Waals surface area contributed by atoms with Gasteiger partial charge in [-0.3, -0.25) is 9.59 Å². The van der Waals surface area contributed by atoms with E-state index in [-0.39, 0.29) is 22.5 Å². The number of carbonyl (C=O) groups excluding carboxylic acids is 1. The van der Waals surface area contributed by atoms with Gasteiger partial charge in [0.2, 0.25) is 5.76 Å². The van der Waals surface area contributed by atoms with E-state index in [0.29, 0.717) is 29.5 Å². The van der Waals surface area contributed by atoms with Crippen LogP contribution in [0.25, 0.3) is 11.0 Å². The number of methoxy groups -OCH3 is 1. The van der Waals surface area contributed by atoms with Gasteiger partial charge in [-0.15, -0.1) is 0 Å². The first-order valence-corrected chi connectivity index (χ1v) is 12.3. The van der Waals surface area contributed by atoms with E-state index < -0.39 is 6.04 Å². The minimum Gasteiger partial charge on any atom is -0.497 e. The summed E-state index contributed by atoms with van der Waals surface area (Å²) in [5.74, 6) is 0.691. The predicted octanol–water partition coefficient (Wildman–Crippen LogP) is 6.20. The van der Waals surface area contributed by atoms with Crippen molar-refractivity contribution in [2.75, 3.05) is 13.7 Å². The third-order valence-electron chi connectivity index (χ3n) is 7.01. The Hall–Kier alpha value is -3.86. The molecule has 1 aliphatic heterocycles. The molecule has 2 heterocycles. The van der Waals surface area contributed by atoms with E-state index in [0.717, 1.165) is 22.4 Å². The molecule has 0 bridgehead atoms. The topological polar surface area (TPSA) is 59.8 Å². The van der Waals surface area contributed by atoms with E-state index in [9.17, 15) is 9.59 Å². The molecule has 0 saturated carbocycles. The first-order valence-electron chi connectivity index (χ1n) is 12.3. The smallest absolute Gasteiger partial charge is 0.290 e. The lowest BCUT2D eigenvalue weighted by molar-refractivity contribution is 0.0730. The number of rotatable bonds is 5. The van der Waals surface area contributed by atoms with Crippen molar-refractivity contribution in [1.29, 1.82) is 0 Å². The molecule has 5 nitrogen and oxygen atoms in total. The molecule has 0 saturated heterocycles. The Morgan fingerprint density at radius 1 is 0.944 bits per heavy atom. The van der Waals surface area contributed by atoms with Gasteiger partial charge in [-0.2, -0.15) is 0 Å². The molecule has 1 unspecified atom stereocenters. The van der Waals surface area contributed by atoms with Crippen LogP contribution in [0.4, 0.5) is 0 Å². The van der Waals surface area contributed by atoms with Crippen LogP contribution in [0, 0.1) is 6.92 Å². The third kappa shape index (κ3) is 4.19. The molecule has 1 aromatic heterocycles. The molecule has 36 heavy (non-hydrogen) atoms. The summed E-state index contributed by atoms with van der Waals surface area (Å²) >= 11 is 0. The first-order chi connectivity index (χ1) is 17.2. The summed E-state index contributed by atoms with van der Waals surface area (Å²) in [6.45, 7) is 8.90. The zero-order valence-corrected chi connectivity index (χ0v) is 21.4.